The van der Waals surface area contributed by atoms with Crippen LogP contribution in [-0.2, 0) is 14.3 Å². The summed E-state index contributed by atoms with van der Waals surface area (Å²) in [6.45, 7) is 8.70. The first-order chi connectivity index (χ1) is 17.3. The molecule has 6 N–H and O–H groups in total. The molecule has 7 atom stereocenters. The van der Waals surface area contributed by atoms with Gasteiger partial charge in [-0.1, -0.05) is 59.8 Å². The molecule has 0 saturated carbocycles. The minimum atomic E-state index is -1.52. The Labute approximate surface area is 219 Å². The summed E-state index contributed by atoms with van der Waals surface area (Å²) in [5.41, 5.74) is 1.55. The predicted octanol–water partition coefficient (Wildman–Crippen LogP) is 2.31. The fourth-order valence-electron chi connectivity index (χ4n) is 3.61. The molecule has 1 rings (SSSR count). The molecular formula is C28H42O9. The first kappa shape index (κ1) is 32.7. The van der Waals surface area contributed by atoms with Crippen molar-refractivity contribution in [2.45, 2.75) is 89.9 Å². The van der Waals surface area contributed by atoms with Gasteiger partial charge in [0, 0.05) is 6.08 Å². The maximum Gasteiger partial charge on any atom is 0.328 e. The van der Waals surface area contributed by atoms with E-state index >= 15 is 0 Å². The average molecular weight is 523 g/mol. The summed E-state index contributed by atoms with van der Waals surface area (Å²) in [5, 5.41) is 59.0. The van der Waals surface area contributed by atoms with Crippen LogP contribution in [0.1, 0.15) is 47.5 Å². The van der Waals surface area contributed by atoms with E-state index in [9.17, 15) is 30.3 Å². The highest BCUT2D eigenvalue weighted by molar-refractivity contribution is 5.80. The van der Waals surface area contributed by atoms with E-state index in [0.717, 1.165) is 22.8 Å². The summed E-state index contributed by atoms with van der Waals surface area (Å²) in [6, 6.07) is 0. The number of carboxylic acid groups (broad SMARTS) is 1. The van der Waals surface area contributed by atoms with Gasteiger partial charge in [0.1, 0.15) is 24.4 Å². The summed E-state index contributed by atoms with van der Waals surface area (Å²) in [7, 11) is 0. The van der Waals surface area contributed by atoms with Gasteiger partial charge in [0.25, 0.3) is 0 Å². The van der Waals surface area contributed by atoms with E-state index < -0.39 is 55.0 Å². The van der Waals surface area contributed by atoms with Crippen LogP contribution in [0.3, 0.4) is 0 Å². The SMILES string of the molecule is CC(C)=CCC(OC1OC(CO)C(O)C(O)C1O)C(C)=CC=CC(C)=CC(C)(O)CC=CC=CC(=O)O. The number of hydrogen-bond donors (Lipinski definition) is 6. The minimum absolute atomic E-state index is 0.300. The van der Waals surface area contributed by atoms with Gasteiger partial charge in [-0.05, 0) is 53.0 Å². The second kappa shape index (κ2) is 15.8. The third-order valence-electron chi connectivity index (χ3n) is 5.67. The fourth-order valence-corrected chi connectivity index (χ4v) is 3.61. The van der Waals surface area contributed by atoms with Crippen molar-refractivity contribution in [1.82, 2.24) is 0 Å². The summed E-state index contributed by atoms with van der Waals surface area (Å²) >= 11 is 0. The van der Waals surface area contributed by atoms with Gasteiger partial charge in [0.2, 0.25) is 0 Å². The Hall–Kier alpha value is -2.37. The van der Waals surface area contributed by atoms with Gasteiger partial charge in [-0.15, -0.1) is 0 Å². The number of carboxylic acids is 1. The van der Waals surface area contributed by atoms with E-state index in [0.29, 0.717) is 12.8 Å². The van der Waals surface area contributed by atoms with Crippen LogP contribution in [-0.4, -0.2) is 85.6 Å². The van der Waals surface area contributed by atoms with Crippen LogP contribution in [0, 0.1) is 0 Å². The second-order valence-corrected chi connectivity index (χ2v) is 9.68. The number of hydrogen-bond acceptors (Lipinski definition) is 8. The molecule has 0 aliphatic carbocycles. The molecule has 1 aliphatic heterocycles. The van der Waals surface area contributed by atoms with Crippen molar-refractivity contribution >= 4 is 5.97 Å². The molecule has 208 valence electrons. The standard InChI is InChI=1S/C28H42O9/c1-18(2)13-14-21(36-27-26(34)25(33)24(32)22(17-29)37-27)20(4)11-9-10-19(3)16-28(5,35)15-8-6-7-12-23(30)31/h6-13,16,21-22,24-27,29,32-35H,14-15,17H2,1-5H3,(H,30,31). The minimum Gasteiger partial charge on any atom is -0.478 e. The smallest absolute Gasteiger partial charge is 0.328 e. The number of aliphatic hydroxyl groups is 5. The van der Waals surface area contributed by atoms with E-state index in [1.807, 2.05) is 45.9 Å². The number of allylic oxidation sites excluding steroid dienone is 7. The highest BCUT2D eigenvalue weighted by atomic mass is 16.7. The number of aliphatic carboxylic acids is 1. The third-order valence-corrected chi connectivity index (χ3v) is 5.67. The Balaban J connectivity index is 2.95. The van der Waals surface area contributed by atoms with E-state index in [2.05, 4.69) is 0 Å². The topological polar surface area (TPSA) is 157 Å². The molecule has 0 aromatic rings. The molecule has 1 aliphatic rings. The first-order valence-electron chi connectivity index (χ1n) is 12.2. The van der Waals surface area contributed by atoms with Gasteiger partial charge in [-0.25, -0.2) is 4.79 Å². The molecule has 0 aromatic carbocycles. The molecule has 1 fully saturated rings. The van der Waals surface area contributed by atoms with Crippen molar-refractivity contribution < 1.29 is 44.9 Å². The van der Waals surface area contributed by atoms with Crippen LogP contribution in [0.25, 0.3) is 0 Å². The fraction of sp³-hybridized carbons (Fsp3) is 0.536. The highest BCUT2D eigenvalue weighted by Gasteiger charge is 2.44. The van der Waals surface area contributed by atoms with Gasteiger partial charge in [-0.2, -0.15) is 0 Å². The second-order valence-electron chi connectivity index (χ2n) is 9.68. The zero-order valence-corrected chi connectivity index (χ0v) is 22.2. The first-order valence-corrected chi connectivity index (χ1v) is 12.2. The van der Waals surface area contributed by atoms with E-state index in [1.165, 1.54) is 6.08 Å². The van der Waals surface area contributed by atoms with Crippen LogP contribution in [0.15, 0.2) is 71.4 Å². The lowest BCUT2D eigenvalue weighted by atomic mass is 9.98. The van der Waals surface area contributed by atoms with Gasteiger partial charge in [-0.3, -0.25) is 0 Å². The normalized spacial score (nSPS) is 28.1. The number of ether oxygens (including phenoxy) is 2. The number of aliphatic hydroxyl groups excluding tert-OH is 4. The molecule has 9 nitrogen and oxygen atoms in total. The third kappa shape index (κ3) is 12.1. The maximum atomic E-state index is 10.6. The lowest BCUT2D eigenvalue weighted by Gasteiger charge is -2.41. The van der Waals surface area contributed by atoms with Gasteiger partial charge >= 0.3 is 5.97 Å². The van der Waals surface area contributed by atoms with Gasteiger partial charge in [0.05, 0.1) is 18.3 Å². The molecular weight excluding hydrogens is 480 g/mol. The lowest BCUT2D eigenvalue weighted by Crippen LogP contribution is -2.59. The van der Waals surface area contributed by atoms with Gasteiger partial charge in [0.15, 0.2) is 6.29 Å². The van der Waals surface area contributed by atoms with E-state index in [1.54, 1.807) is 31.2 Å². The highest BCUT2D eigenvalue weighted by Crippen LogP contribution is 2.26. The van der Waals surface area contributed by atoms with Crippen LogP contribution >= 0.6 is 0 Å². The average Bonchev–Trinajstić information content (AvgIpc) is 2.80. The molecule has 0 aromatic heterocycles. The van der Waals surface area contributed by atoms with E-state index in [4.69, 9.17) is 14.6 Å². The van der Waals surface area contributed by atoms with Crippen LogP contribution in [0.5, 0.6) is 0 Å². The Kier molecular flexibility index (Phi) is 13.9. The van der Waals surface area contributed by atoms with E-state index in [-0.39, 0.29) is 0 Å². The largest absolute Gasteiger partial charge is 0.478 e. The van der Waals surface area contributed by atoms with Crippen molar-refractivity contribution in [2.24, 2.45) is 0 Å². The Bertz CT molecular complexity index is 905. The van der Waals surface area contributed by atoms with Crippen molar-refractivity contribution in [1.29, 1.82) is 0 Å². The zero-order chi connectivity index (χ0) is 28.2. The molecule has 0 spiro atoms. The quantitative estimate of drug-likeness (QED) is 0.121. The molecule has 0 bridgehead atoms. The number of rotatable bonds is 13. The summed E-state index contributed by atoms with van der Waals surface area (Å²) in [4.78, 5) is 10.5. The molecule has 37 heavy (non-hydrogen) atoms. The molecule has 1 saturated heterocycles. The van der Waals surface area contributed by atoms with Crippen LogP contribution < -0.4 is 0 Å². The van der Waals surface area contributed by atoms with Crippen molar-refractivity contribution in [3.63, 3.8) is 0 Å². The predicted molar refractivity (Wildman–Crippen MR) is 140 cm³/mol. The Morgan fingerprint density at radius 1 is 1.03 bits per heavy atom. The van der Waals surface area contributed by atoms with Crippen molar-refractivity contribution in [2.75, 3.05) is 6.61 Å². The molecule has 9 heteroatoms. The molecule has 0 amide bonds. The van der Waals surface area contributed by atoms with Crippen molar-refractivity contribution in [3.8, 4) is 0 Å². The zero-order valence-electron chi connectivity index (χ0n) is 22.2. The molecule has 1 heterocycles. The van der Waals surface area contributed by atoms with Crippen LogP contribution in [0.4, 0.5) is 0 Å². The summed E-state index contributed by atoms with van der Waals surface area (Å²) < 4.78 is 11.5. The van der Waals surface area contributed by atoms with Gasteiger partial charge < -0.3 is 40.1 Å². The summed E-state index contributed by atoms with van der Waals surface area (Å²) in [6.07, 6.45) is 8.25. The number of carbonyl (C=O) groups is 1. The van der Waals surface area contributed by atoms with Crippen molar-refractivity contribution in [3.05, 3.63) is 71.4 Å². The summed E-state index contributed by atoms with van der Waals surface area (Å²) in [5.74, 6) is -1.04. The van der Waals surface area contributed by atoms with Crippen LogP contribution in [0.2, 0.25) is 0 Å². The molecule has 7 unspecified atom stereocenters. The Morgan fingerprint density at radius 3 is 2.30 bits per heavy atom. The monoisotopic (exact) mass is 522 g/mol. The lowest BCUT2D eigenvalue weighted by molar-refractivity contribution is -0.308. The Morgan fingerprint density at radius 2 is 1.70 bits per heavy atom. The maximum absolute atomic E-state index is 10.6. The molecule has 0 radical (unpaired) electrons.